The van der Waals surface area contributed by atoms with Gasteiger partial charge in [-0.2, -0.15) is 0 Å². The average Bonchev–Trinajstić information content (AvgIpc) is 0.787. The van der Waals surface area contributed by atoms with Crippen LogP contribution in [-0.2, 0) is 33.2 Å². The van der Waals surface area contributed by atoms with Gasteiger partial charge >= 0.3 is 0 Å². The van der Waals surface area contributed by atoms with Gasteiger partial charge in [0.05, 0.1) is 38.6 Å². The lowest BCUT2D eigenvalue weighted by Gasteiger charge is -2.48. The molecule has 0 bridgehead atoms. The molecule has 17 atom stereocenters. The molecule has 1 amide bonds. The third-order valence-corrected chi connectivity index (χ3v) is 18.8. The standard InChI is InChI=1S/C75H137NO18/c1-3-5-7-9-11-13-15-17-19-21-23-25-26-27-28-29-30-31-32-33-35-37-39-41-43-45-47-49-51-53-63(81)76-58(59(80)52-50-48-46-44-42-40-38-36-34-24-22-20-18-16-14-12-10-8-6-4-2)57-89-73-69(87)66(84)71(61(55-78)91-73)94-75-70(88)67(85)72(62(56-79)92-75)93-74-68(86)65(83)64(82)60(54-77)90-74/h15,17,21,23,42,44,50,52,58-62,64-75,77-80,82-88H,3-14,16,18-20,22,24-41,43,45-49,51,53-57H2,1-2H3,(H,76,81)/b17-15-,23-21-,44-42+,52-50+. The summed E-state index contributed by atoms with van der Waals surface area (Å²) < 4.78 is 34.4. The summed E-state index contributed by atoms with van der Waals surface area (Å²) in [6.45, 7) is 1.74. The Bertz CT molecular complexity index is 1890. The van der Waals surface area contributed by atoms with E-state index in [1.807, 2.05) is 6.08 Å². The van der Waals surface area contributed by atoms with Gasteiger partial charge in [0.25, 0.3) is 0 Å². The molecule has 0 saturated carbocycles. The number of carbonyl (C=O) groups excluding carboxylic acids is 1. The molecule has 3 aliphatic rings. The molecular weight excluding hydrogens is 1200 g/mol. The van der Waals surface area contributed by atoms with Crippen molar-refractivity contribution in [1.82, 2.24) is 5.32 Å². The smallest absolute Gasteiger partial charge is 0.220 e. The Morgan fingerprint density at radius 3 is 1.13 bits per heavy atom. The van der Waals surface area contributed by atoms with Crippen molar-refractivity contribution < 1.29 is 89.4 Å². The summed E-state index contributed by atoms with van der Waals surface area (Å²) in [4.78, 5) is 13.4. The molecule has 3 heterocycles. The van der Waals surface area contributed by atoms with E-state index in [-0.39, 0.29) is 18.9 Å². The summed E-state index contributed by atoms with van der Waals surface area (Å²) in [5, 5.41) is 121. The molecule has 3 rings (SSSR count). The van der Waals surface area contributed by atoms with Crippen molar-refractivity contribution >= 4 is 5.91 Å². The summed E-state index contributed by atoms with van der Waals surface area (Å²) in [6.07, 6.45) is 42.4. The van der Waals surface area contributed by atoms with E-state index in [2.05, 4.69) is 55.6 Å². The first kappa shape index (κ1) is 86.0. The fourth-order valence-corrected chi connectivity index (χ4v) is 12.7. The molecule has 19 heteroatoms. The van der Waals surface area contributed by atoms with Crippen LogP contribution in [0.25, 0.3) is 0 Å². The van der Waals surface area contributed by atoms with Crippen molar-refractivity contribution in [3.63, 3.8) is 0 Å². The van der Waals surface area contributed by atoms with Crippen LogP contribution in [0.5, 0.6) is 0 Å². The normalized spacial score (nSPS) is 27.6. The highest BCUT2D eigenvalue weighted by molar-refractivity contribution is 5.76. The zero-order chi connectivity index (χ0) is 68.2. The number of carbonyl (C=O) groups is 1. The number of unbranched alkanes of at least 4 members (excludes halogenated alkanes) is 37. The first-order valence-corrected chi connectivity index (χ1v) is 37.9. The van der Waals surface area contributed by atoms with Crippen molar-refractivity contribution in [2.24, 2.45) is 0 Å². The first-order valence-electron chi connectivity index (χ1n) is 37.9. The largest absolute Gasteiger partial charge is 0.394 e. The fourth-order valence-electron chi connectivity index (χ4n) is 12.7. The Hall–Kier alpha value is -2.25. The molecule has 0 aromatic carbocycles. The van der Waals surface area contributed by atoms with Gasteiger partial charge in [-0.25, -0.2) is 0 Å². The molecule has 0 aromatic rings. The number of rotatable bonds is 59. The summed E-state index contributed by atoms with van der Waals surface area (Å²) >= 11 is 0. The van der Waals surface area contributed by atoms with E-state index in [1.165, 1.54) is 212 Å². The fraction of sp³-hybridized carbons (Fsp3) is 0.880. The number of aliphatic hydroxyl groups excluding tert-OH is 11. The zero-order valence-corrected chi connectivity index (χ0v) is 58.4. The topological polar surface area (TPSA) is 307 Å². The molecule has 0 spiro atoms. The molecule has 0 radical (unpaired) electrons. The van der Waals surface area contributed by atoms with E-state index in [0.717, 1.165) is 44.9 Å². The highest BCUT2D eigenvalue weighted by Crippen LogP contribution is 2.33. The lowest BCUT2D eigenvalue weighted by molar-refractivity contribution is -0.379. The summed E-state index contributed by atoms with van der Waals surface area (Å²) in [5.41, 5.74) is 0. The van der Waals surface area contributed by atoms with E-state index in [4.69, 9.17) is 28.4 Å². The molecular formula is C75H137NO18. The number of hydrogen-bond acceptors (Lipinski definition) is 18. The van der Waals surface area contributed by atoms with Crippen molar-refractivity contribution in [2.45, 2.75) is 394 Å². The molecule has 12 N–H and O–H groups in total. The van der Waals surface area contributed by atoms with E-state index >= 15 is 0 Å². The van der Waals surface area contributed by atoms with Gasteiger partial charge in [-0.1, -0.05) is 268 Å². The van der Waals surface area contributed by atoms with Gasteiger partial charge in [0.15, 0.2) is 18.9 Å². The Kier molecular flexibility index (Phi) is 51.7. The Labute approximate surface area is 567 Å². The number of ether oxygens (including phenoxy) is 6. The van der Waals surface area contributed by atoms with E-state index in [1.54, 1.807) is 6.08 Å². The first-order chi connectivity index (χ1) is 45.8. The predicted octanol–water partition coefficient (Wildman–Crippen LogP) is 11.3. The summed E-state index contributed by atoms with van der Waals surface area (Å²) in [6, 6.07) is -0.991. The number of hydrogen-bond donors (Lipinski definition) is 12. The molecule has 94 heavy (non-hydrogen) atoms. The summed E-state index contributed by atoms with van der Waals surface area (Å²) in [5.74, 6) is -0.282. The lowest BCUT2D eigenvalue weighted by atomic mass is 9.96. The number of allylic oxidation sites excluding steroid dienone is 7. The highest BCUT2D eigenvalue weighted by atomic mass is 16.8. The second kappa shape index (κ2) is 56.5. The molecule has 17 unspecified atom stereocenters. The minimum Gasteiger partial charge on any atom is -0.394 e. The van der Waals surface area contributed by atoms with Crippen LogP contribution in [0.3, 0.4) is 0 Å². The van der Waals surface area contributed by atoms with Crippen LogP contribution >= 0.6 is 0 Å². The Morgan fingerprint density at radius 2 is 0.713 bits per heavy atom. The van der Waals surface area contributed by atoms with Gasteiger partial charge in [0, 0.05) is 6.42 Å². The molecule has 19 nitrogen and oxygen atoms in total. The second-order valence-electron chi connectivity index (χ2n) is 27.1. The molecule has 3 fully saturated rings. The van der Waals surface area contributed by atoms with Crippen LogP contribution in [0.2, 0.25) is 0 Å². The predicted molar refractivity (Wildman–Crippen MR) is 369 cm³/mol. The minimum absolute atomic E-state index is 0.237. The maximum atomic E-state index is 13.4. The number of aliphatic hydroxyl groups is 11. The summed E-state index contributed by atoms with van der Waals surface area (Å²) in [7, 11) is 0. The Morgan fingerprint density at radius 1 is 0.383 bits per heavy atom. The van der Waals surface area contributed by atoms with Crippen molar-refractivity contribution in [3.05, 3.63) is 48.6 Å². The van der Waals surface area contributed by atoms with E-state index < -0.39 is 124 Å². The Balaban J connectivity index is 1.40. The van der Waals surface area contributed by atoms with Crippen LogP contribution in [0.15, 0.2) is 48.6 Å². The zero-order valence-electron chi connectivity index (χ0n) is 58.4. The maximum Gasteiger partial charge on any atom is 0.220 e. The quantitative estimate of drug-likeness (QED) is 0.0199. The van der Waals surface area contributed by atoms with Crippen molar-refractivity contribution in [3.8, 4) is 0 Å². The van der Waals surface area contributed by atoms with Crippen LogP contribution in [-0.4, -0.2) is 193 Å². The average molecular weight is 1340 g/mol. The van der Waals surface area contributed by atoms with Crippen LogP contribution < -0.4 is 5.32 Å². The third-order valence-electron chi connectivity index (χ3n) is 18.8. The second-order valence-corrected chi connectivity index (χ2v) is 27.1. The van der Waals surface area contributed by atoms with Crippen molar-refractivity contribution in [2.75, 3.05) is 26.4 Å². The van der Waals surface area contributed by atoms with Gasteiger partial charge in [-0.15, -0.1) is 0 Å². The molecule has 0 aliphatic carbocycles. The van der Waals surface area contributed by atoms with E-state index in [0.29, 0.717) is 12.8 Å². The van der Waals surface area contributed by atoms with E-state index in [9.17, 15) is 61.0 Å². The van der Waals surface area contributed by atoms with Crippen LogP contribution in [0.1, 0.15) is 290 Å². The minimum atomic E-state index is -1.98. The number of nitrogens with one attached hydrogen (secondary N) is 1. The maximum absolute atomic E-state index is 13.4. The lowest BCUT2D eigenvalue weighted by Crippen LogP contribution is -2.66. The molecule has 550 valence electrons. The van der Waals surface area contributed by atoms with Gasteiger partial charge < -0.3 is 89.9 Å². The highest BCUT2D eigenvalue weighted by Gasteiger charge is 2.53. The van der Waals surface area contributed by atoms with Gasteiger partial charge in [0.2, 0.25) is 5.91 Å². The molecule has 3 saturated heterocycles. The van der Waals surface area contributed by atoms with Crippen molar-refractivity contribution in [1.29, 1.82) is 0 Å². The monoisotopic (exact) mass is 1340 g/mol. The SMILES string of the molecule is CCCCCCC/C=C\C/C=C\CCCCCCCCCCCCCCCCCCCC(=O)NC(COC1OC(CO)C(OC2OC(CO)C(OC3OC(CO)C(O)C(O)C3O)C(O)C2O)C(O)C1O)C(O)/C=C/CC/C=C/CCCCCCCCCCCCCCCC. The van der Waals surface area contributed by atoms with Gasteiger partial charge in [-0.3, -0.25) is 4.79 Å². The van der Waals surface area contributed by atoms with Gasteiger partial charge in [0.1, 0.15) is 73.2 Å². The van der Waals surface area contributed by atoms with Gasteiger partial charge in [-0.05, 0) is 64.2 Å². The van der Waals surface area contributed by atoms with Crippen LogP contribution in [0, 0.1) is 0 Å². The molecule has 3 aliphatic heterocycles. The third kappa shape index (κ3) is 37.3. The number of amides is 1. The van der Waals surface area contributed by atoms with Crippen LogP contribution in [0.4, 0.5) is 0 Å². The molecule has 0 aromatic heterocycles.